The highest BCUT2D eigenvalue weighted by molar-refractivity contribution is 4.87. The van der Waals surface area contributed by atoms with Crippen LogP contribution in [0.15, 0.2) is 21.5 Å². The fourth-order valence-corrected chi connectivity index (χ4v) is 0.401. The molecule has 0 amide bonds. The van der Waals surface area contributed by atoms with Gasteiger partial charge in [-0.15, -0.1) is 0 Å². The number of hydrogen-bond acceptors (Lipinski definition) is 3. The Morgan fingerprint density at radius 2 is 2.50 bits per heavy atom. The van der Waals surface area contributed by atoms with Crippen LogP contribution in [0.3, 0.4) is 0 Å². The van der Waals surface area contributed by atoms with Crippen LogP contribution in [0.1, 0.15) is 5.76 Å². The predicted octanol–water partition coefficient (Wildman–Crippen LogP) is 0.343. The fourth-order valence-electron chi connectivity index (χ4n) is 0.401. The molecule has 0 spiro atoms. The summed E-state index contributed by atoms with van der Waals surface area (Å²) in [6, 6.07) is 1.63. The lowest BCUT2D eigenvalue weighted by Crippen LogP contribution is -2.01. The monoisotopic (exact) mass is 111 g/mol. The Kier molecular flexibility index (Phi) is 1.12. The highest BCUT2D eigenvalue weighted by atomic mass is 16.4. The van der Waals surface area contributed by atoms with Crippen molar-refractivity contribution in [2.45, 2.75) is 6.92 Å². The van der Waals surface area contributed by atoms with Crippen molar-refractivity contribution in [1.29, 1.82) is 0 Å². The van der Waals surface area contributed by atoms with Gasteiger partial charge in [-0.25, -0.2) is 4.79 Å². The van der Waals surface area contributed by atoms with E-state index < -0.39 is 5.76 Å². The molecule has 0 bridgehead atoms. The second kappa shape index (κ2) is 1.78. The van der Waals surface area contributed by atoms with Gasteiger partial charge in [0.1, 0.15) is 5.76 Å². The maximum atomic E-state index is 10.2. The quantitative estimate of drug-likeness (QED) is 0.485. The van der Waals surface area contributed by atoms with Gasteiger partial charge in [0.2, 0.25) is 0 Å². The Labute approximate surface area is 46.0 Å². The summed E-state index contributed by atoms with van der Waals surface area (Å²) in [5.74, 6) is 0.0509. The molecule has 0 radical (unpaired) electrons. The molecule has 0 N–H and O–H groups in total. The highest BCUT2D eigenvalue weighted by Gasteiger charge is 1.83. The summed E-state index contributed by atoms with van der Waals surface area (Å²) in [7, 11) is 0. The first-order chi connectivity index (χ1) is 3.79. The number of rotatable bonds is 0. The van der Waals surface area contributed by atoms with Crippen molar-refractivity contribution in [3.63, 3.8) is 0 Å². The lowest BCUT2D eigenvalue weighted by Gasteiger charge is -1.82. The van der Waals surface area contributed by atoms with E-state index in [0.29, 0.717) is 5.76 Å². The van der Waals surface area contributed by atoms with E-state index in [2.05, 4.69) is 9.40 Å². The third kappa shape index (κ3) is 0.932. The zero-order valence-corrected chi connectivity index (χ0v) is 4.42. The van der Waals surface area contributed by atoms with Crippen molar-refractivity contribution in [2.75, 3.05) is 0 Å². The number of hydrogen-bond donors (Lipinski definition) is 0. The van der Waals surface area contributed by atoms with Crippen LogP contribution in [0.4, 0.5) is 0 Å². The van der Waals surface area contributed by atoms with Gasteiger partial charge in [-0.2, -0.15) is 4.98 Å². The van der Waals surface area contributed by atoms with Gasteiger partial charge in [-0.1, -0.05) is 0 Å². The van der Waals surface area contributed by atoms with Gasteiger partial charge in [0, 0.05) is 6.20 Å². The molecule has 0 unspecified atom stereocenters. The molecule has 0 aromatic carbocycles. The fraction of sp³-hybridized carbons (Fsp3) is 0.200. The summed E-state index contributed by atoms with van der Waals surface area (Å²) in [5, 5.41) is 0. The van der Waals surface area contributed by atoms with Crippen LogP contribution >= 0.6 is 0 Å². The molecule has 1 heterocycles. The SMILES string of the molecule is Cc1ccnc(=O)o1. The Balaban J connectivity index is 3.28. The molecule has 42 valence electrons. The normalized spacial score (nSPS) is 9.12. The minimum atomic E-state index is -0.537. The first kappa shape index (κ1) is 5.03. The van der Waals surface area contributed by atoms with Crippen LogP contribution in [0.5, 0.6) is 0 Å². The zero-order chi connectivity index (χ0) is 5.98. The average Bonchev–Trinajstić information content (AvgIpc) is 1.64. The third-order valence-electron chi connectivity index (χ3n) is 0.737. The molecular weight excluding hydrogens is 106 g/mol. The molecule has 0 fully saturated rings. The van der Waals surface area contributed by atoms with Gasteiger partial charge in [0.25, 0.3) is 0 Å². The summed E-state index contributed by atoms with van der Waals surface area (Å²) in [4.78, 5) is 13.5. The molecule has 0 aliphatic carbocycles. The minimum absolute atomic E-state index is 0.537. The summed E-state index contributed by atoms with van der Waals surface area (Å²) >= 11 is 0. The Hall–Kier alpha value is -1.12. The van der Waals surface area contributed by atoms with Crippen molar-refractivity contribution >= 4 is 0 Å². The van der Waals surface area contributed by atoms with Crippen LogP contribution in [0.2, 0.25) is 0 Å². The predicted molar refractivity (Wildman–Crippen MR) is 27.5 cm³/mol. The molecular formula is C5H5NO2. The molecule has 0 aliphatic rings. The number of aromatic nitrogens is 1. The zero-order valence-electron chi connectivity index (χ0n) is 4.42. The van der Waals surface area contributed by atoms with Crippen molar-refractivity contribution in [3.8, 4) is 0 Å². The van der Waals surface area contributed by atoms with Crippen molar-refractivity contribution in [3.05, 3.63) is 28.6 Å². The van der Waals surface area contributed by atoms with E-state index in [1.54, 1.807) is 13.0 Å². The van der Waals surface area contributed by atoms with E-state index >= 15 is 0 Å². The molecule has 0 atom stereocenters. The van der Waals surface area contributed by atoms with E-state index in [9.17, 15) is 4.79 Å². The highest BCUT2D eigenvalue weighted by Crippen LogP contribution is 1.84. The van der Waals surface area contributed by atoms with Gasteiger partial charge in [0.15, 0.2) is 0 Å². The summed E-state index contributed by atoms with van der Waals surface area (Å²) < 4.78 is 4.51. The van der Waals surface area contributed by atoms with Crippen LogP contribution in [-0.2, 0) is 0 Å². The third-order valence-corrected chi connectivity index (χ3v) is 0.737. The lowest BCUT2D eigenvalue weighted by molar-refractivity contribution is 0.455. The Bertz CT molecular complexity index is 228. The van der Waals surface area contributed by atoms with Gasteiger partial charge < -0.3 is 4.42 Å². The summed E-state index contributed by atoms with van der Waals surface area (Å²) in [6.45, 7) is 1.70. The molecule has 3 heteroatoms. The topological polar surface area (TPSA) is 43.1 Å². The molecule has 1 rings (SSSR count). The van der Waals surface area contributed by atoms with E-state index in [0.717, 1.165) is 0 Å². The first-order valence-electron chi connectivity index (χ1n) is 2.22. The van der Waals surface area contributed by atoms with Gasteiger partial charge >= 0.3 is 5.76 Å². The molecule has 1 aromatic heterocycles. The Morgan fingerprint density at radius 3 is 2.88 bits per heavy atom. The second-order valence-corrected chi connectivity index (χ2v) is 1.42. The molecule has 0 saturated heterocycles. The maximum absolute atomic E-state index is 10.2. The van der Waals surface area contributed by atoms with Gasteiger partial charge in [-0.3, -0.25) is 0 Å². The molecule has 8 heavy (non-hydrogen) atoms. The van der Waals surface area contributed by atoms with E-state index in [1.807, 2.05) is 0 Å². The molecule has 1 aromatic rings. The standard InChI is InChI=1S/C5H5NO2/c1-4-2-3-6-5(7)8-4/h2-3H,1H3. The summed E-state index contributed by atoms with van der Waals surface area (Å²) in [5.41, 5.74) is 0. The van der Waals surface area contributed by atoms with Crippen LogP contribution in [0.25, 0.3) is 0 Å². The smallest absolute Gasteiger partial charge is 0.414 e. The van der Waals surface area contributed by atoms with E-state index in [4.69, 9.17) is 0 Å². The Morgan fingerprint density at radius 1 is 1.75 bits per heavy atom. The lowest BCUT2D eigenvalue weighted by atomic mass is 10.5. The van der Waals surface area contributed by atoms with E-state index in [-0.39, 0.29) is 0 Å². The van der Waals surface area contributed by atoms with Crippen LogP contribution in [0, 0.1) is 6.92 Å². The summed E-state index contributed by atoms with van der Waals surface area (Å²) in [6.07, 6.45) is 1.42. The van der Waals surface area contributed by atoms with Crippen molar-refractivity contribution in [2.24, 2.45) is 0 Å². The maximum Gasteiger partial charge on any atom is 0.438 e. The van der Waals surface area contributed by atoms with Gasteiger partial charge in [-0.05, 0) is 13.0 Å². The number of nitrogens with zero attached hydrogens (tertiary/aromatic N) is 1. The first-order valence-corrected chi connectivity index (χ1v) is 2.22. The molecule has 3 nitrogen and oxygen atoms in total. The molecule has 0 aliphatic heterocycles. The van der Waals surface area contributed by atoms with Gasteiger partial charge in [0.05, 0.1) is 0 Å². The van der Waals surface area contributed by atoms with Crippen molar-refractivity contribution in [1.82, 2.24) is 4.98 Å². The molecule has 0 saturated carbocycles. The van der Waals surface area contributed by atoms with Crippen LogP contribution in [-0.4, -0.2) is 4.98 Å². The number of aryl methyl sites for hydroxylation is 1. The largest absolute Gasteiger partial charge is 0.438 e. The minimum Gasteiger partial charge on any atom is -0.414 e. The van der Waals surface area contributed by atoms with E-state index in [1.165, 1.54) is 6.20 Å². The second-order valence-electron chi connectivity index (χ2n) is 1.42. The van der Waals surface area contributed by atoms with Crippen molar-refractivity contribution < 1.29 is 4.42 Å². The average molecular weight is 111 g/mol. The van der Waals surface area contributed by atoms with Crippen LogP contribution < -0.4 is 5.76 Å².